The molecule has 0 amide bonds. The fourth-order valence-electron chi connectivity index (χ4n) is 3.85. The molecule has 0 aliphatic carbocycles. The van der Waals surface area contributed by atoms with Crippen LogP contribution in [0.1, 0.15) is 86.7 Å². The molecular formula is C29H35ClN2O2. The molecule has 5 heteroatoms. The lowest BCUT2D eigenvalue weighted by Gasteiger charge is -2.09. The van der Waals surface area contributed by atoms with Crippen molar-refractivity contribution >= 4 is 17.6 Å². The maximum absolute atomic E-state index is 12.6. The van der Waals surface area contributed by atoms with Crippen molar-refractivity contribution in [2.75, 3.05) is 0 Å². The van der Waals surface area contributed by atoms with Crippen molar-refractivity contribution < 1.29 is 9.53 Å². The Kier molecular flexibility index (Phi) is 10.6. The van der Waals surface area contributed by atoms with Crippen LogP contribution in [-0.2, 0) is 12.8 Å². The summed E-state index contributed by atoms with van der Waals surface area (Å²) < 4.78 is 5.55. The Morgan fingerprint density at radius 1 is 0.824 bits per heavy atom. The highest BCUT2D eigenvalue weighted by atomic mass is 35.5. The summed E-state index contributed by atoms with van der Waals surface area (Å²) in [5, 5.41) is 0.621. The maximum Gasteiger partial charge on any atom is 0.343 e. The van der Waals surface area contributed by atoms with Gasteiger partial charge in [-0.3, -0.25) is 0 Å². The van der Waals surface area contributed by atoms with E-state index in [1.807, 2.05) is 30.6 Å². The molecule has 0 N–H and O–H groups in total. The number of aryl methyl sites for hydroxylation is 2. The molecule has 2 aromatic carbocycles. The van der Waals surface area contributed by atoms with E-state index >= 15 is 0 Å². The SMILES string of the molecule is CCCCCCCc1ccc(C(=O)Oc2ccc(-c3ncc(CCCCC)cn3)cc2)cc1Cl. The summed E-state index contributed by atoms with van der Waals surface area (Å²) >= 11 is 6.43. The first-order valence-corrected chi connectivity index (χ1v) is 12.9. The first-order chi connectivity index (χ1) is 16.6. The molecule has 0 aliphatic heterocycles. The van der Waals surface area contributed by atoms with Crippen LogP contribution in [0.5, 0.6) is 5.75 Å². The predicted molar refractivity (Wildman–Crippen MR) is 140 cm³/mol. The van der Waals surface area contributed by atoms with Crippen molar-refractivity contribution in [3.05, 3.63) is 76.6 Å². The molecule has 1 heterocycles. The summed E-state index contributed by atoms with van der Waals surface area (Å²) in [5.74, 6) is 0.715. The standard InChI is InChI=1S/C29H35ClN2O2/c1-3-5-7-8-10-12-23-13-14-25(19-27(23)30)29(33)34-26-17-15-24(16-18-26)28-31-20-22(21-32-28)11-9-6-4-2/h13-21H,3-12H2,1-2H3. The lowest BCUT2D eigenvalue weighted by Crippen LogP contribution is -2.08. The number of esters is 1. The minimum atomic E-state index is -0.420. The normalized spacial score (nSPS) is 10.9. The zero-order valence-electron chi connectivity index (χ0n) is 20.4. The fraction of sp³-hybridized carbons (Fsp3) is 0.414. The van der Waals surface area contributed by atoms with Crippen LogP contribution in [-0.4, -0.2) is 15.9 Å². The summed E-state index contributed by atoms with van der Waals surface area (Å²) in [5.41, 5.74) is 3.57. The van der Waals surface area contributed by atoms with Crippen molar-refractivity contribution in [2.45, 2.75) is 78.1 Å². The zero-order valence-corrected chi connectivity index (χ0v) is 21.1. The molecule has 0 saturated heterocycles. The van der Waals surface area contributed by atoms with E-state index in [1.54, 1.807) is 24.3 Å². The number of unbranched alkanes of at least 4 members (excludes halogenated alkanes) is 6. The Balaban J connectivity index is 1.54. The quantitative estimate of drug-likeness (QED) is 0.141. The lowest BCUT2D eigenvalue weighted by atomic mass is 10.0. The number of hydrogen-bond donors (Lipinski definition) is 0. The number of rotatable bonds is 13. The fourth-order valence-corrected chi connectivity index (χ4v) is 4.12. The van der Waals surface area contributed by atoms with E-state index in [4.69, 9.17) is 16.3 Å². The highest BCUT2D eigenvalue weighted by Crippen LogP contribution is 2.23. The smallest absolute Gasteiger partial charge is 0.343 e. The molecule has 0 spiro atoms. The molecule has 3 rings (SSSR count). The van der Waals surface area contributed by atoms with Gasteiger partial charge in [0, 0.05) is 23.0 Å². The van der Waals surface area contributed by atoms with Gasteiger partial charge in [0.25, 0.3) is 0 Å². The highest BCUT2D eigenvalue weighted by Gasteiger charge is 2.12. The van der Waals surface area contributed by atoms with Crippen molar-refractivity contribution in [1.82, 2.24) is 9.97 Å². The maximum atomic E-state index is 12.6. The molecule has 0 atom stereocenters. The molecule has 4 nitrogen and oxygen atoms in total. The number of benzene rings is 2. The number of halogens is 1. The minimum absolute atomic E-state index is 0.420. The van der Waals surface area contributed by atoms with E-state index in [1.165, 1.54) is 38.5 Å². The molecule has 180 valence electrons. The molecule has 0 bridgehead atoms. The number of hydrogen-bond acceptors (Lipinski definition) is 4. The minimum Gasteiger partial charge on any atom is -0.423 e. The van der Waals surface area contributed by atoms with Gasteiger partial charge >= 0.3 is 5.97 Å². The van der Waals surface area contributed by atoms with Gasteiger partial charge in [-0.05, 0) is 73.2 Å². The van der Waals surface area contributed by atoms with Gasteiger partial charge in [-0.15, -0.1) is 0 Å². The van der Waals surface area contributed by atoms with Gasteiger partial charge in [-0.1, -0.05) is 70.0 Å². The first kappa shape index (κ1) is 25.9. The number of ether oxygens (including phenoxy) is 1. The van der Waals surface area contributed by atoms with Gasteiger partial charge in [0.05, 0.1) is 5.56 Å². The second kappa shape index (κ2) is 13.9. The molecule has 3 aromatic rings. The van der Waals surface area contributed by atoms with Crippen molar-refractivity contribution in [2.24, 2.45) is 0 Å². The number of carbonyl (C=O) groups excluding carboxylic acids is 1. The number of aromatic nitrogens is 2. The van der Waals surface area contributed by atoms with E-state index in [0.29, 0.717) is 22.2 Å². The summed E-state index contributed by atoms with van der Waals surface area (Å²) in [6.07, 6.45) is 15.4. The summed E-state index contributed by atoms with van der Waals surface area (Å²) in [7, 11) is 0. The molecule has 0 fully saturated rings. The van der Waals surface area contributed by atoms with Crippen LogP contribution >= 0.6 is 11.6 Å². The third-order valence-electron chi connectivity index (χ3n) is 5.94. The molecule has 0 aliphatic rings. The molecular weight excluding hydrogens is 444 g/mol. The number of carbonyl (C=O) groups is 1. The van der Waals surface area contributed by atoms with Crippen LogP contribution in [0, 0.1) is 0 Å². The summed E-state index contributed by atoms with van der Waals surface area (Å²) in [4.78, 5) is 21.6. The lowest BCUT2D eigenvalue weighted by molar-refractivity contribution is 0.0735. The first-order valence-electron chi connectivity index (χ1n) is 12.5. The van der Waals surface area contributed by atoms with E-state index in [-0.39, 0.29) is 0 Å². The van der Waals surface area contributed by atoms with Gasteiger partial charge < -0.3 is 4.74 Å². The molecule has 0 saturated carbocycles. The summed E-state index contributed by atoms with van der Waals surface area (Å²) in [6, 6.07) is 12.7. The van der Waals surface area contributed by atoms with Crippen molar-refractivity contribution in [3.8, 4) is 17.1 Å². The zero-order chi connectivity index (χ0) is 24.2. The third kappa shape index (κ3) is 7.95. The topological polar surface area (TPSA) is 52.1 Å². The number of nitrogens with zero attached hydrogens (tertiary/aromatic N) is 2. The van der Waals surface area contributed by atoms with Crippen LogP contribution in [0.4, 0.5) is 0 Å². The largest absolute Gasteiger partial charge is 0.423 e. The second-order valence-corrected chi connectivity index (χ2v) is 9.16. The van der Waals surface area contributed by atoms with E-state index in [0.717, 1.165) is 42.4 Å². The van der Waals surface area contributed by atoms with Crippen LogP contribution < -0.4 is 4.74 Å². The predicted octanol–water partition coefficient (Wildman–Crippen LogP) is 8.26. The Morgan fingerprint density at radius 3 is 2.15 bits per heavy atom. The van der Waals surface area contributed by atoms with Crippen LogP contribution in [0.2, 0.25) is 5.02 Å². The third-order valence-corrected chi connectivity index (χ3v) is 6.29. The van der Waals surface area contributed by atoms with Crippen LogP contribution in [0.3, 0.4) is 0 Å². The average Bonchev–Trinajstić information content (AvgIpc) is 2.86. The summed E-state index contributed by atoms with van der Waals surface area (Å²) in [6.45, 7) is 4.41. The Labute approximate surface area is 208 Å². The molecule has 1 aromatic heterocycles. The molecule has 0 radical (unpaired) electrons. The van der Waals surface area contributed by atoms with E-state index in [2.05, 4.69) is 23.8 Å². The van der Waals surface area contributed by atoms with E-state index in [9.17, 15) is 4.79 Å². The van der Waals surface area contributed by atoms with Crippen molar-refractivity contribution in [3.63, 3.8) is 0 Å². The average molecular weight is 479 g/mol. The van der Waals surface area contributed by atoms with Crippen LogP contribution in [0.25, 0.3) is 11.4 Å². The van der Waals surface area contributed by atoms with Gasteiger partial charge in [-0.2, -0.15) is 0 Å². The van der Waals surface area contributed by atoms with Crippen LogP contribution in [0.15, 0.2) is 54.9 Å². The van der Waals surface area contributed by atoms with Gasteiger partial charge in [-0.25, -0.2) is 14.8 Å². The Bertz CT molecular complexity index is 1030. The Hall–Kier alpha value is -2.72. The second-order valence-electron chi connectivity index (χ2n) is 8.76. The van der Waals surface area contributed by atoms with Gasteiger partial charge in [0.15, 0.2) is 5.82 Å². The van der Waals surface area contributed by atoms with Crippen molar-refractivity contribution in [1.29, 1.82) is 0 Å². The molecule has 0 unspecified atom stereocenters. The highest BCUT2D eigenvalue weighted by molar-refractivity contribution is 6.31. The molecule has 34 heavy (non-hydrogen) atoms. The Morgan fingerprint density at radius 2 is 1.47 bits per heavy atom. The monoisotopic (exact) mass is 478 g/mol. The van der Waals surface area contributed by atoms with Gasteiger partial charge in [0.2, 0.25) is 0 Å². The van der Waals surface area contributed by atoms with Gasteiger partial charge in [0.1, 0.15) is 5.75 Å². The van der Waals surface area contributed by atoms with E-state index < -0.39 is 5.97 Å².